The smallest absolute Gasteiger partial charge is 0.137 e. The Morgan fingerprint density at radius 2 is 2.00 bits per heavy atom. The number of rotatable bonds is 1. The predicted octanol–water partition coefficient (Wildman–Crippen LogP) is 3.58. The summed E-state index contributed by atoms with van der Waals surface area (Å²) in [7, 11) is 0. The van der Waals surface area contributed by atoms with Gasteiger partial charge in [-0.25, -0.2) is 4.39 Å². The van der Waals surface area contributed by atoms with E-state index in [2.05, 4.69) is 20.8 Å². The minimum Gasteiger partial charge on any atom is -0.370 e. The minimum absolute atomic E-state index is 0.183. The molecule has 2 fully saturated rings. The van der Waals surface area contributed by atoms with E-state index >= 15 is 0 Å². The monoisotopic (exact) mass is 269 g/mol. The van der Waals surface area contributed by atoms with Crippen molar-refractivity contribution in [1.82, 2.24) is 0 Å². The van der Waals surface area contributed by atoms with Crippen LogP contribution in [-0.2, 0) is 0 Å². The van der Waals surface area contributed by atoms with Crippen LogP contribution in [0.15, 0.2) is 22.7 Å². The van der Waals surface area contributed by atoms with Crippen LogP contribution in [0.4, 0.5) is 10.1 Å². The van der Waals surface area contributed by atoms with E-state index in [1.54, 1.807) is 0 Å². The summed E-state index contributed by atoms with van der Waals surface area (Å²) in [4.78, 5) is 2.34. The Balaban J connectivity index is 1.75. The number of benzene rings is 1. The van der Waals surface area contributed by atoms with Gasteiger partial charge in [0.15, 0.2) is 0 Å². The molecule has 0 unspecified atom stereocenters. The summed E-state index contributed by atoms with van der Waals surface area (Å²) >= 11 is 3.23. The summed E-state index contributed by atoms with van der Waals surface area (Å²) in [6, 6.07) is 5.28. The van der Waals surface area contributed by atoms with E-state index in [0.29, 0.717) is 9.89 Å². The molecule has 1 aromatic rings. The van der Waals surface area contributed by atoms with Crippen molar-refractivity contribution < 1.29 is 4.39 Å². The van der Waals surface area contributed by atoms with Crippen molar-refractivity contribution in [2.45, 2.75) is 19.3 Å². The van der Waals surface area contributed by atoms with Gasteiger partial charge in [-0.1, -0.05) is 6.42 Å². The zero-order valence-electron chi connectivity index (χ0n) is 8.47. The topological polar surface area (TPSA) is 3.24 Å². The summed E-state index contributed by atoms with van der Waals surface area (Å²) < 4.78 is 13.6. The van der Waals surface area contributed by atoms with Gasteiger partial charge >= 0.3 is 0 Å². The van der Waals surface area contributed by atoms with Gasteiger partial charge in [0.1, 0.15) is 5.82 Å². The molecule has 0 atom stereocenters. The number of anilines is 1. The molecule has 0 bridgehead atoms. The lowest BCUT2D eigenvalue weighted by molar-refractivity contribution is 0.0904. The van der Waals surface area contributed by atoms with Crippen molar-refractivity contribution in [1.29, 1.82) is 0 Å². The normalized spacial score (nSPS) is 22.4. The summed E-state index contributed by atoms with van der Waals surface area (Å²) in [5, 5.41) is 0. The number of hydrogen-bond donors (Lipinski definition) is 0. The number of halogens is 2. The molecular formula is C12H13BrFN. The quantitative estimate of drug-likeness (QED) is 0.754. The van der Waals surface area contributed by atoms with Gasteiger partial charge in [-0.15, -0.1) is 0 Å². The fourth-order valence-electron chi connectivity index (χ4n) is 2.62. The van der Waals surface area contributed by atoms with E-state index in [4.69, 9.17) is 0 Å². The molecule has 3 heteroatoms. The van der Waals surface area contributed by atoms with E-state index in [0.717, 1.165) is 18.8 Å². The highest BCUT2D eigenvalue weighted by Crippen LogP contribution is 2.49. The molecule has 0 amide bonds. The first-order chi connectivity index (χ1) is 7.19. The van der Waals surface area contributed by atoms with Crippen molar-refractivity contribution in [2.24, 2.45) is 5.41 Å². The molecule has 1 heterocycles. The van der Waals surface area contributed by atoms with Crippen molar-refractivity contribution in [3.8, 4) is 0 Å². The van der Waals surface area contributed by atoms with Gasteiger partial charge < -0.3 is 4.90 Å². The van der Waals surface area contributed by atoms with E-state index in [1.807, 2.05) is 12.1 Å². The number of nitrogens with zero attached hydrogens (tertiary/aromatic N) is 1. The number of hydrogen-bond acceptors (Lipinski definition) is 1. The van der Waals surface area contributed by atoms with Crippen LogP contribution in [-0.4, -0.2) is 13.1 Å². The Bertz CT molecular complexity index is 393. The molecule has 0 radical (unpaired) electrons. The summed E-state index contributed by atoms with van der Waals surface area (Å²) in [5.41, 5.74) is 1.77. The fourth-order valence-corrected chi connectivity index (χ4v) is 2.99. The SMILES string of the molecule is Fc1ccc(N2CC3(CCC3)C2)cc1Br. The Hall–Kier alpha value is -0.570. The van der Waals surface area contributed by atoms with Gasteiger partial charge in [-0.05, 0) is 47.0 Å². The second-order valence-electron chi connectivity index (χ2n) is 4.81. The van der Waals surface area contributed by atoms with Crippen molar-refractivity contribution >= 4 is 21.6 Å². The van der Waals surface area contributed by atoms with Crippen molar-refractivity contribution in [3.63, 3.8) is 0 Å². The highest BCUT2D eigenvalue weighted by molar-refractivity contribution is 9.10. The second kappa shape index (κ2) is 3.21. The molecular weight excluding hydrogens is 257 g/mol. The third kappa shape index (κ3) is 1.48. The molecule has 2 aliphatic rings. The Labute approximate surface area is 97.4 Å². The van der Waals surface area contributed by atoms with Crippen LogP contribution in [0.2, 0.25) is 0 Å². The van der Waals surface area contributed by atoms with E-state index < -0.39 is 0 Å². The van der Waals surface area contributed by atoms with Gasteiger partial charge in [-0.2, -0.15) is 0 Å². The third-order valence-corrected chi connectivity index (χ3v) is 4.34. The Morgan fingerprint density at radius 1 is 1.27 bits per heavy atom. The average molecular weight is 270 g/mol. The second-order valence-corrected chi connectivity index (χ2v) is 5.66. The molecule has 0 aromatic heterocycles. The lowest BCUT2D eigenvalue weighted by Gasteiger charge is -2.57. The summed E-state index contributed by atoms with van der Waals surface area (Å²) in [6.07, 6.45) is 4.15. The van der Waals surface area contributed by atoms with E-state index in [9.17, 15) is 4.39 Å². The first kappa shape index (κ1) is 9.64. The molecule has 1 spiro atoms. The fraction of sp³-hybridized carbons (Fsp3) is 0.500. The van der Waals surface area contributed by atoms with Crippen LogP contribution >= 0.6 is 15.9 Å². The molecule has 1 saturated heterocycles. The maximum atomic E-state index is 13.0. The van der Waals surface area contributed by atoms with Crippen LogP contribution in [0.5, 0.6) is 0 Å². The largest absolute Gasteiger partial charge is 0.370 e. The zero-order chi connectivity index (χ0) is 10.5. The molecule has 0 N–H and O–H groups in total. The first-order valence-corrected chi connectivity index (χ1v) is 6.18. The van der Waals surface area contributed by atoms with Gasteiger partial charge in [0.25, 0.3) is 0 Å². The average Bonchev–Trinajstić information content (AvgIpc) is 2.06. The molecule has 15 heavy (non-hydrogen) atoms. The zero-order valence-corrected chi connectivity index (χ0v) is 10.1. The third-order valence-electron chi connectivity index (χ3n) is 3.74. The van der Waals surface area contributed by atoms with Crippen LogP contribution in [0.25, 0.3) is 0 Å². The molecule has 1 nitrogen and oxygen atoms in total. The Kier molecular flexibility index (Phi) is 2.06. The van der Waals surface area contributed by atoms with E-state index in [1.165, 1.54) is 25.3 Å². The lowest BCUT2D eigenvalue weighted by Crippen LogP contribution is -2.59. The van der Waals surface area contributed by atoms with Gasteiger partial charge in [-0.3, -0.25) is 0 Å². The summed E-state index contributed by atoms with van der Waals surface area (Å²) in [6.45, 7) is 2.32. The molecule has 80 valence electrons. The Morgan fingerprint density at radius 3 is 2.53 bits per heavy atom. The molecule has 1 aliphatic carbocycles. The van der Waals surface area contributed by atoms with Crippen molar-refractivity contribution in [2.75, 3.05) is 18.0 Å². The standard InChI is InChI=1S/C12H13BrFN/c13-10-6-9(2-3-11(10)14)15-7-12(8-15)4-1-5-12/h2-3,6H,1,4-5,7-8H2. The molecule has 1 aliphatic heterocycles. The van der Waals surface area contributed by atoms with Gasteiger partial charge in [0.05, 0.1) is 4.47 Å². The van der Waals surface area contributed by atoms with Crippen LogP contribution in [0.1, 0.15) is 19.3 Å². The maximum Gasteiger partial charge on any atom is 0.137 e. The lowest BCUT2D eigenvalue weighted by atomic mass is 9.63. The van der Waals surface area contributed by atoms with Crippen LogP contribution in [0, 0.1) is 11.2 Å². The minimum atomic E-state index is -0.183. The summed E-state index contributed by atoms with van der Waals surface area (Å²) in [5.74, 6) is -0.183. The molecule has 1 saturated carbocycles. The van der Waals surface area contributed by atoms with Crippen molar-refractivity contribution in [3.05, 3.63) is 28.5 Å². The van der Waals surface area contributed by atoms with Crippen LogP contribution < -0.4 is 4.90 Å². The maximum absolute atomic E-state index is 13.0. The van der Waals surface area contributed by atoms with Gasteiger partial charge in [0.2, 0.25) is 0 Å². The molecule has 3 rings (SSSR count). The van der Waals surface area contributed by atoms with Gasteiger partial charge in [0, 0.05) is 24.2 Å². The first-order valence-electron chi connectivity index (χ1n) is 5.39. The van der Waals surface area contributed by atoms with Crippen LogP contribution in [0.3, 0.4) is 0 Å². The predicted molar refractivity (Wildman–Crippen MR) is 62.6 cm³/mol. The van der Waals surface area contributed by atoms with E-state index in [-0.39, 0.29) is 5.82 Å². The molecule has 1 aromatic carbocycles. The highest BCUT2D eigenvalue weighted by atomic mass is 79.9. The highest BCUT2D eigenvalue weighted by Gasteiger charge is 2.47.